The molecule has 1 heterocycles. The summed E-state index contributed by atoms with van der Waals surface area (Å²) in [4.78, 5) is 1.13. The molecule has 1 aliphatic rings. The molecule has 0 unspecified atom stereocenters. The van der Waals surface area contributed by atoms with Crippen LogP contribution in [-0.4, -0.2) is 10.9 Å². The lowest BCUT2D eigenvalue weighted by Crippen LogP contribution is -2.34. The highest BCUT2D eigenvalue weighted by atomic mass is 32.2. The van der Waals surface area contributed by atoms with E-state index in [4.69, 9.17) is 12.2 Å². The number of anilines is 1. The van der Waals surface area contributed by atoms with Crippen molar-refractivity contribution >= 4 is 34.8 Å². The molecule has 2 aromatic carbocycles. The Morgan fingerprint density at radius 3 is 2.77 bits per heavy atom. The third kappa shape index (κ3) is 3.59. The number of hydrogen-bond donors (Lipinski definition) is 2. The number of thioether (sulfide) groups is 1. The summed E-state index contributed by atoms with van der Waals surface area (Å²) in [6.07, 6.45) is 0.927. The van der Waals surface area contributed by atoms with Crippen LogP contribution in [-0.2, 0) is 0 Å². The first-order chi connectivity index (χ1) is 10.6. The van der Waals surface area contributed by atoms with Gasteiger partial charge in [-0.2, -0.15) is 0 Å². The maximum absolute atomic E-state index is 13.5. The van der Waals surface area contributed by atoms with E-state index >= 15 is 0 Å². The first-order valence-electron chi connectivity index (χ1n) is 7.18. The molecular weight excluding hydrogens is 315 g/mol. The molecule has 5 heteroatoms. The number of hydrogen-bond acceptors (Lipinski definition) is 2. The average molecular weight is 332 g/mol. The van der Waals surface area contributed by atoms with Crippen molar-refractivity contribution in [2.75, 3.05) is 11.1 Å². The number of rotatable bonds is 2. The van der Waals surface area contributed by atoms with Crippen LogP contribution in [0, 0.1) is 12.7 Å². The van der Waals surface area contributed by atoms with Crippen LogP contribution in [0.4, 0.5) is 10.1 Å². The predicted molar refractivity (Wildman–Crippen MR) is 95.0 cm³/mol. The fourth-order valence-electron chi connectivity index (χ4n) is 2.48. The van der Waals surface area contributed by atoms with Gasteiger partial charge in [-0.3, -0.25) is 0 Å². The normalized spacial score (nSPS) is 16.7. The summed E-state index contributed by atoms with van der Waals surface area (Å²) in [6, 6.07) is 13.1. The summed E-state index contributed by atoms with van der Waals surface area (Å²) < 4.78 is 13.5. The molecule has 0 radical (unpaired) electrons. The average Bonchev–Trinajstić information content (AvgIpc) is 2.50. The number of benzene rings is 2. The van der Waals surface area contributed by atoms with Gasteiger partial charge >= 0.3 is 0 Å². The summed E-state index contributed by atoms with van der Waals surface area (Å²) in [5.41, 5.74) is 3.15. The smallest absolute Gasteiger partial charge is 0.171 e. The van der Waals surface area contributed by atoms with E-state index in [-0.39, 0.29) is 11.9 Å². The molecule has 2 N–H and O–H groups in total. The maximum Gasteiger partial charge on any atom is 0.171 e. The quantitative estimate of drug-likeness (QED) is 0.781. The minimum Gasteiger partial charge on any atom is -0.356 e. The number of nitrogens with one attached hydrogen (secondary N) is 2. The Morgan fingerprint density at radius 2 is 2.00 bits per heavy atom. The van der Waals surface area contributed by atoms with Gasteiger partial charge in [-0.25, -0.2) is 4.39 Å². The number of aryl methyl sites for hydroxylation is 1. The van der Waals surface area contributed by atoms with Gasteiger partial charge < -0.3 is 10.6 Å². The molecule has 114 valence electrons. The molecule has 1 atom stereocenters. The second-order valence-electron chi connectivity index (χ2n) is 5.34. The lowest BCUT2D eigenvalue weighted by Gasteiger charge is -2.27. The van der Waals surface area contributed by atoms with Crippen LogP contribution >= 0.6 is 24.0 Å². The summed E-state index contributed by atoms with van der Waals surface area (Å²) in [7, 11) is 0. The van der Waals surface area contributed by atoms with Crippen molar-refractivity contribution in [2.24, 2.45) is 0 Å². The van der Waals surface area contributed by atoms with Crippen molar-refractivity contribution in [3.05, 3.63) is 59.4 Å². The number of thiocarbonyl (C=S) groups is 1. The van der Waals surface area contributed by atoms with E-state index in [9.17, 15) is 4.39 Å². The Balaban J connectivity index is 1.70. The maximum atomic E-state index is 13.5. The highest BCUT2D eigenvalue weighted by Gasteiger charge is 2.21. The standard InChI is InChI=1S/C17H17FN2S2/c1-11-2-5-13(6-3-11)19-17(21)20-15-8-9-22-16-7-4-12(18)10-14(15)16/h2-7,10,15H,8-9H2,1H3,(H2,19,20,21)/t15-/m1/s1. The lowest BCUT2D eigenvalue weighted by molar-refractivity contribution is 0.587. The summed E-state index contributed by atoms with van der Waals surface area (Å²) in [5, 5.41) is 7.05. The van der Waals surface area contributed by atoms with Crippen molar-refractivity contribution in [3.63, 3.8) is 0 Å². The largest absolute Gasteiger partial charge is 0.356 e. The van der Waals surface area contributed by atoms with E-state index in [0.29, 0.717) is 5.11 Å². The SMILES string of the molecule is Cc1ccc(NC(=S)N[C@@H]2CCSc3ccc(F)cc32)cc1. The monoisotopic (exact) mass is 332 g/mol. The van der Waals surface area contributed by atoms with Crippen molar-refractivity contribution in [1.29, 1.82) is 0 Å². The van der Waals surface area contributed by atoms with Gasteiger partial charge in [0.25, 0.3) is 0 Å². The van der Waals surface area contributed by atoms with Crippen LogP contribution < -0.4 is 10.6 Å². The van der Waals surface area contributed by atoms with Crippen molar-refractivity contribution in [1.82, 2.24) is 5.32 Å². The van der Waals surface area contributed by atoms with Gasteiger partial charge in [0.1, 0.15) is 5.82 Å². The summed E-state index contributed by atoms with van der Waals surface area (Å²) >= 11 is 7.15. The molecule has 0 saturated carbocycles. The third-order valence-electron chi connectivity index (χ3n) is 3.63. The van der Waals surface area contributed by atoms with Crippen LogP contribution in [0.3, 0.4) is 0 Å². The fourth-order valence-corrected chi connectivity index (χ4v) is 3.84. The molecule has 2 aromatic rings. The molecular formula is C17H17FN2S2. The Labute approximate surface area is 139 Å². The van der Waals surface area contributed by atoms with Crippen LogP contribution in [0.25, 0.3) is 0 Å². The van der Waals surface area contributed by atoms with Gasteiger partial charge in [0.2, 0.25) is 0 Å². The minimum absolute atomic E-state index is 0.0531. The van der Waals surface area contributed by atoms with Gasteiger partial charge in [0, 0.05) is 16.3 Å². The summed E-state index contributed by atoms with van der Waals surface area (Å²) in [5.74, 6) is 0.800. The van der Waals surface area contributed by atoms with Gasteiger partial charge in [-0.1, -0.05) is 17.7 Å². The third-order valence-corrected chi connectivity index (χ3v) is 4.97. The van der Waals surface area contributed by atoms with Crippen LogP contribution in [0.2, 0.25) is 0 Å². The molecule has 0 spiro atoms. The highest BCUT2D eigenvalue weighted by Crippen LogP contribution is 2.36. The Bertz CT molecular complexity index is 686. The lowest BCUT2D eigenvalue weighted by atomic mass is 10.0. The van der Waals surface area contributed by atoms with Gasteiger partial charge in [-0.05, 0) is 61.5 Å². The Morgan fingerprint density at radius 1 is 1.23 bits per heavy atom. The molecule has 0 saturated heterocycles. The zero-order chi connectivity index (χ0) is 15.5. The molecule has 3 rings (SSSR count). The topological polar surface area (TPSA) is 24.1 Å². The molecule has 1 aliphatic heterocycles. The van der Waals surface area contributed by atoms with E-state index < -0.39 is 0 Å². The van der Waals surface area contributed by atoms with Gasteiger partial charge in [0.05, 0.1) is 6.04 Å². The molecule has 0 bridgehead atoms. The van der Waals surface area contributed by atoms with Crippen molar-refractivity contribution in [2.45, 2.75) is 24.3 Å². The minimum atomic E-state index is -0.203. The zero-order valence-corrected chi connectivity index (χ0v) is 13.9. The molecule has 2 nitrogen and oxygen atoms in total. The molecule has 0 aliphatic carbocycles. The summed E-state index contributed by atoms with van der Waals surface area (Å²) in [6.45, 7) is 2.05. The Hall–Kier alpha value is -1.59. The first-order valence-corrected chi connectivity index (χ1v) is 8.57. The van der Waals surface area contributed by atoms with E-state index in [1.54, 1.807) is 17.8 Å². The number of halogens is 1. The number of fused-ring (bicyclic) bond motifs is 1. The second-order valence-corrected chi connectivity index (χ2v) is 6.88. The van der Waals surface area contributed by atoms with Crippen molar-refractivity contribution in [3.8, 4) is 0 Å². The van der Waals surface area contributed by atoms with E-state index in [1.165, 1.54) is 11.6 Å². The van der Waals surface area contributed by atoms with Crippen LogP contribution in [0.1, 0.15) is 23.6 Å². The van der Waals surface area contributed by atoms with Gasteiger partial charge in [-0.15, -0.1) is 11.8 Å². The van der Waals surface area contributed by atoms with Crippen LogP contribution in [0.5, 0.6) is 0 Å². The fraction of sp³-hybridized carbons (Fsp3) is 0.235. The van der Waals surface area contributed by atoms with E-state index in [1.807, 2.05) is 37.3 Å². The highest BCUT2D eigenvalue weighted by molar-refractivity contribution is 7.99. The first kappa shape index (κ1) is 15.3. The van der Waals surface area contributed by atoms with Crippen LogP contribution in [0.15, 0.2) is 47.4 Å². The van der Waals surface area contributed by atoms with Gasteiger partial charge in [0.15, 0.2) is 5.11 Å². The molecule has 0 fully saturated rings. The molecule has 0 aromatic heterocycles. The molecule has 22 heavy (non-hydrogen) atoms. The van der Waals surface area contributed by atoms with E-state index in [0.717, 1.165) is 28.3 Å². The predicted octanol–water partition coefficient (Wildman–Crippen LogP) is 4.66. The van der Waals surface area contributed by atoms with E-state index in [2.05, 4.69) is 10.6 Å². The second kappa shape index (κ2) is 6.67. The molecule has 0 amide bonds. The zero-order valence-electron chi connectivity index (χ0n) is 12.2. The Kier molecular flexibility index (Phi) is 4.64. The van der Waals surface area contributed by atoms with Crippen molar-refractivity contribution < 1.29 is 4.39 Å².